The molecule has 2 unspecified atom stereocenters. The summed E-state index contributed by atoms with van der Waals surface area (Å²) in [7, 11) is 2.00. The number of amides is 4. The van der Waals surface area contributed by atoms with Crippen LogP contribution < -0.4 is 15.7 Å². The number of carbonyl (C=O) groups is 5. The van der Waals surface area contributed by atoms with Gasteiger partial charge in [0.1, 0.15) is 17.7 Å². The van der Waals surface area contributed by atoms with Crippen LogP contribution in [-0.2, 0) is 23.9 Å². The molecule has 0 spiro atoms. The van der Waals surface area contributed by atoms with Gasteiger partial charge in [-0.3, -0.25) is 19.2 Å². The minimum atomic E-state index is -0.986. The molecule has 1 aliphatic heterocycles. The molecule has 1 aliphatic carbocycles. The Hall–Kier alpha value is -2.48. The molecule has 3 N–H and O–H groups in total. The van der Waals surface area contributed by atoms with Gasteiger partial charge >= 0.3 is 6.09 Å². The maximum absolute atomic E-state index is 13.8. The van der Waals surface area contributed by atoms with E-state index in [4.69, 9.17) is 4.74 Å². The van der Waals surface area contributed by atoms with Crippen LogP contribution in [0.15, 0.2) is 12.7 Å². The van der Waals surface area contributed by atoms with Gasteiger partial charge in [-0.15, -0.1) is 6.58 Å². The van der Waals surface area contributed by atoms with Crippen LogP contribution in [0.1, 0.15) is 73.6 Å². The molecule has 208 valence electrons. The number of ketones is 1. The molecule has 5 atom stereocenters. The second-order valence-corrected chi connectivity index (χ2v) is 12.3. The Kier molecular flexibility index (Phi) is 10.3. The number of likely N-dealkylation sites (tertiary alicyclic amines) is 1. The monoisotopic (exact) mass is 538 g/mol. The molecule has 37 heavy (non-hydrogen) atoms. The van der Waals surface area contributed by atoms with E-state index in [0.717, 1.165) is 19.3 Å². The second-order valence-electron chi connectivity index (χ2n) is 12.0. The number of carbonyl (C=O) groups excluding carboxylic acids is 5. The third kappa shape index (κ3) is 8.25. The van der Waals surface area contributed by atoms with Crippen molar-refractivity contribution in [3.05, 3.63) is 12.7 Å². The molecule has 0 bridgehead atoms. The van der Waals surface area contributed by atoms with Crippen LogP contribution in [0.4, 0.5) is 4.79 Å². The van der Waals surface area contributed by atoms with Crippen LogP contribution in [0.25, 0.3) is 0 Å². The van der Waals surface area contributed by atoms with E-state index < -0.39 is 58.7 Å². The van der Waals surface area contributed by atoms with E-state index >= 15 is 0 Å². The van der Waals surface area contributed by atoms with Crippen molar-refractivity contribution < 1.29 is 28.7 Å². The smallest absolute Gasteiger partial charge is 0.408 e. The summed E-state index contributed by atoms with van der Waals surface area (Å²) >= 11 is 0. The summed E-state index contributed by atoms with van der Waals surface area (Å²) in [5.41, 5.74) is -1.42. The molecule has 1 heterocycles. The number of rotatable bonds is 9. The fourth-order valence-electron chi connectivity index (χ4n) is 4.67. The molecule has 0 aromatic rings. The van der Waals surface area contributed by atoms with E-state index in [1.165, 1.54) is 4.90 Å². The number of ether oxygens (including phenoxy) is 1. The predicted octanol–water partition coefficient (Wildman–Crippen LogP) is 2.48. The molecule has 1 saturated carbocycles. The van der Waals surface area contributed by atoms with Gasteiger partial charge in [0, 0.05) is 12.5 Å². The molecule has 0 radical (unpaired) electrons. The lowest BCUT2D eigenvalue weighted by Crippen LogP contribution is -2.60. The first-order valence-corrected chi connectivity index (χ1v) is 13.4. The van der Waals surface area contributed by atoms with Gasteiger partial charge in [-0.25, -0.2) is 4.79 Å². The lowest BCUT2D eigenvalue weighted by molar-refractivity contribution is -0.144. The zero-order valence-electron chi connectivity index (χ0n) is 22.9. The summed E-state index contributed by atoms with van der Waals surface area (Å²) in [6.45, 7) is 14.8. The summed E-state index contributed by atoms with van der Waals surface area (Å²) in [5, 5.41) is 7.70. The molecule has 2 fully saturated rings. The maximum atomic E-state index is 13.8. The third-order valence-corrected chi connectivity index (χ3v) is 7.12. The first-order chi connectivity index (χ1) is 17.1. The highest BCUT2D eigenvalue weighted by atomic mass is 31.0. The Labute approximate surface area is 222 Å². The molecule has 0 aromatic heterocycles. The average Bonchev–Trinajstić information content (AvgIpc) is 3.19. The van der Waals surface area contributed by atoms with Crippen LogP contribution >= 0.6 is 9.39 Å². The summed E-state index contributed by atoms with van der Waals surface area (Å²) < 4.78 is 5.36. The van der Waals surface area contributed by atoms with Gasteiger partial charge in [0.05, 0.1) is 6.04 Å². The van der Waals surface area contributed by atoms with Crippen molar-refractivity contribution in [3.8, 4) is 0 Å². The van der Waals surface area contributed by atoms with Crippen molar-refractivity contribution in [1.29, 1.82) is 0 Å². The van der Waals surface area contributed by atoms with Gasteiger partial charge in [0.2, 0.25) is 17.6 Å². The Morgan fingerprint density at radius 1 is 1.05 bits per heavy atom. The van der Waals surface area contributed by atoms with Crippen molar-refractivity contribution in [1.82, 2.24) is 20.6 Å². The third-order valence-electron chi connectivity index (χ3n) is 6.85. The van der Waals surface area contributed by atoms with Crippen LogP contribution in [0, 0.1) is 17.3 Å². The molecule has 0 aromatic carbocycles. The summed E-state index contributed by atoms with van der Waals surface area (Å²) in [6, 6.07) is -2.87. The number of nitrogens with zero attached hydrogens (tertiary/aromatic N) is 1. The highest BCUT2D eigenvalue weighted by molar-refractivity contribution is 7.15. The normalized spacial score (nSPS) is 21.8. The van der Waals surface area contributed by atoms with Crippen molar-refractivity contribution in [3.63, 3.8) is 0 Å². The largest absolute Gasteiger partial charge is 0.444 e. The average molecular weight is 539 g/mol. The lowest BCUT2D eigenvalue weighted by atomic mass is 9.80. The first-order valence-electron chi connectivity index (χ1n) is 12.9. The molecule has 2 rings (SSSR count). The molecule has 11 heteroatoms. The number of alkyl carbamates (subject to hydrolysis) is 1. The number of Topliss-reactive ketones (excluding diaryl/α,β-unsaturated/α-hetero) is 1. The molecule has 1 saturated heterocycles. The predicted molar refractivity (Wildman–Crippen MR) is 143 cm³/mol. The molecular weight excluding hydrogens is 495 g/mol. The van der Waals surface area contributed by atoms with Crippen molar-refractivity contribution in [2.24, 2.45) is 17.3 Å². The Morgan fingerprint density at radius 3 is 2.14 bits per heavy atom. The van der Waals surface area contributed by atoms with Gasteiger partial charge in [-0.2, -0.15) is 0 Å². The van der Waals surface area contributed by atoms with Gasteiger partial charge in [0.25, 0.3) is 5.91 Å². The van der Waals surface area contributed by atoms with E-state index in [2.05, 4.69) is 22.3 Å². The number of hydrogen-bond acceptors (Lipinski definition) is 6. The fraction of sp³-hybridized carbons (Fsp3) is 0.731. The molecular formula is C26H43N4O6P. The number of nitrogens with one attached hydrogen (secondary N) is 3. The summed E-state index contributed by atoms with van der Waals surface area (Å²) in [5.74, 6) is -2.56. The summed E-state index contributed by atoms with van der Waals surface area (Å²) in [4.78, 5) is 66.2. The topological polar surface area (TPSA) is 134 Å². The van der Waals surface area contributed by atoms with Crippen molar-refractivity contribution >= 4 is 39.0 Å². The minimum Gasteiger partial charge on any atom is -0.444 e. The zero-order chi connectivity index (χ0) is 28.1. The molecule has 2 aliphatic rings. The SMILES string of the molecule is C=C[C@H]1CCN(C(=O)[C@@H](NC(=O)OC(C)(C)C)C(C)(C)C)[C@@H]1C(=O)NC(CC1CCC1)C(=O)C(=O)NP. The second kappa shape index (κ2) is 12.4. The van der Waals surface area contributed by atoms with Gasteiger partial charge < -0.3 is 25.4 Å². The highest BCUT2D eigenvalue weighted by Crippen LogP contribution is 2.32. The number of hydrogen-bond donors (Lipinski definition) is 3. The zero-order valence-corrected chi connectivity index (χ0v) is 24.0. The Morgan fingerprint density at radius 2 is 1.68 bits per heavy atom. The Bertz CT molecular complexity index is 906. The van der Waals surface area contributed by atoms with Gasteiger partial charge in [-0.1, -0.05) is 46.1 Å². The fourth-order valence-corrected chi connectivity index (χ4v) is 4.81. The maximum Gasteiger partial charge on any atom is 0.408 e. The van der Waals surface area contributed by atoms with E-state index in [0.29, 0.717) is 12.8 Å². The van der Waals surface area contributed by atoms with E-state index in [1.807, 2.05) is 30.2 Å². The minimum absolute atomic E-state index is 0.256. The summed E-state index contributed by atoms with van der Waals surface area (Å²) in [6.07, 6.45) is 4.71. The lowest BCUT2D eigenvalue weighted by Gasteiger charge is -2.37. The van der Waals surface area contributed by atoms with Crippen LogP contribution in [0.5, 0.6) is 0 Å². The van der Waals surface area contributed by atoms with E-state index in [-0.39, 0.29) is 18.4 Å². The van der Waals surface area contributed by atoms with Crippen LogP contribution in [0.3, 0.4) is 0 Å². The highest BCUT2D eigenvalue weighted by Gasteiger charge is 2.46. The van der Waals surface area contributed by atoms with E-state index in [9.17, 15) is 24.0 Å². The Balaban J connectivity index is 2.28. The first kappa shape index (κ1) is 30.7. The van der Waals surface area contributed by atoms with Crippen LogP contribution in [-0.4, -0.2) is 64.8 Å². The molecule has 10 nitrogen and oxygen atoms in total. The molecule has 4 amide bonds. The van der Waals surface area contributed by atoms with Crippen molar-refractivity contribution in [2.45, 2.75) is 97.4 Å². The standard InChI is InChI=1S/C26H43N4O6P/c1-8-16-12-13-30(23(34)20(25(2,3)4)28-24(35)36-26(5,6)7)18(16)21(32)27-17(14-15-10-9-11-15)19(31)22(33)29-37/h8,15-18,20H,1,9-14,37H2,2-7H3,(H,27,32)(H,28,35)(H,29,33)/t16-,17?,18-,20+/m0/s1. The van der Waals surface area contributed by atoms with Crippen molar-refractivity contribution in [2.75, 3.05) is 6.54 Å². The van der Waals surface area contributed by atoms with Gasteiger partial charge in [0.15, 0.2) is 0 Å². The van der Waals surface area contributed by atoms with Crippen LogP contribution in [0.2, 0.25) is 0 Å². The quantitative estimate of drug-likeness (QED) is 0.235. The van der Waals surface area contributed by atoms with E-state index in [1.54, 1.807) is 26.8 Å². The van der Waals surface area contributed by atoms with Gasteiger partial charge in [-0.05, 0) is 54.3 Å².